The van der Waals surface area contributed by atoms with Gasteiger partial charge in [-0.15, -0.1) is 0 Å². The number of amides is 1. The van der Waals surface area contributed by atoms with Crippen LogP contribution in [0.4, 0.5) is 39.8 Å². The van der Waals surface area contributed by atoms with Crippen molar-refractivity contribution in [2.45, 2.75) is 6.42 Å². The summed E-state index contributed by atoms with van der Waals surface area (Å²) < 4.78 is 0. The van der Waals surface area contributed by atoms with Gasteiger partial charge in [0, 0.05) is 46.0 Å². The van der Waals surface area contributed by atoms with Crippen molar-refractivity contribution in [1.29, 1.82) is 0 Å². The third-order valence-electron chi connectivity index (χ3n) is 5.25. The molecule has 180 valence electrons. The quantitative estimate of drug-likeness (QED) is 0.140. The summed E-state index contributed by atoms with van der Waals surface area (Å²) in [5.74, 6) is -0.393. The molecule has 1 amide bonds. The van der Waals surface area contributed by atoms with Crippen molar-refractivity contribution >= 4 is 51.5 Å². The van der Waals surface area contributed by atoms with Gasteiger partial charge >= 0.3 is 0 Å². The molecule has 0 bridgehead atoms. The van der Waals surface area contributed by atoms with Crippen LogP contribution in [-0.2, 0) is 6.42 Å². The van der Waals surface area contributed by atoms with Gasteiger partial charge in [0.15, 0.2) is 5.78 Å². The summed E-state index contributed by atoms with van der Waals surface area (Å²) in [5.41, 5.74) is 28.3. The molecule has 9 nitrogen and oxygen atoms in total. The maximum atomic E-state index is 12.5. The predicted octanol–water partition coefficient (Wildman–Crippen LogP) is 5.11. The molecule has 4 aromatic rings. The van der Waals surface area contributed by atoms with Crippen LogP contribution in [0.5, 0.6) is 0 Å². The number of anilines is 5. The van der Waals surface area contributed by atoms with Crippen molar-refractivity contribution in [3.8, 4) is 0 Å². The van der Waals surface area contributed by atoms with Crippen LogP contribution in [0.2, 0.25) is 0 Å². The fourth-order valence-corrected chi connectivity index (χ4v) is 3.54. The molecule has 0 saturated carbocycles. The number of carbonyl (C=O) groups is 2. The van der Waals surface area contributed by atoms with Gasteiger partial charge in [0.1, 0.15) is 0 Å². The Bertz CT molecular complexity index is 1290. The molecule has 0 radical (unpaired) electrons. The van der Waals surface area contributed by atoms with Crippen molar-refractivity contribution in [2.24, 2.45) is 10.2 Å². The molecule has 9 heteroatoms. The first-order chi connectivity index (χ1) is 17.2. The van der Waals surface area contributed by atoms with Gasteiger partial charge in [0.25, 0.3) is 5.91 Å². The molecule has 4 aromatic carbocycles. The Kier molecular flexibility index (Phi) is 6.92. The van der Waals surface area contributed by atoms with Crippen molar-refractivity contribution < 1.29 is 9.59 Å². The van der Waals surface area contributed by atoms with Gasteiger partial charge in [-0.05, 0) is 78.4 Å². The summed E-state index contributed by atoms with van der Waals surface area (Å²) in [4.78, 5) is 25.0. The molecule has 9 N–H and O–H groups in total. The largest absolute Gasteiger partial charge is 0.399 e. The first kappa shape index (κ1) is 24.0. The van der Waals surface area contributed by atoms with E-state index in [4.69, 9.17) is 22.9 Å². The Hall–Kier alpha value is -5.18. The normalized spacial score (nSPS) is 10.9. The van der Waals surface area contributed by atoms with E-state index in [1.807, 2.05) is 12.1 Å². The zero-order valence-electron chi connectivity index (χ0n) is 19.3. The van der Waals surface area contributed by atoms with Gasteiger partial charge in [-0.3, -0.25) is 9.59 Å². The minimum absolute atomic E-state index is 0.0743. The molecule has 0 fully saturated rings. The zero-order valence-corrected chi connectivity index (χ0v) is 19.3. The molecule has 0 atom stereocenters. The number of azo groups is 1. The lowest BCUT2D eigenvalue weighted by Gasteiger charge is -2.07. The van der Waals surface area contributed by atoms with E-state index in [0.29, 0.717) is 50.9 Å². The Morgan fingerprint density at radius 2 is 1.06 bits per heavy atom. The van der Waals surface area contributed by atoms with Gasteiger partial charge in [-0.1, -0.05) is 12.1 Å². The van der Waals surface area contributed by atoms with Crippen molar-refractivity contribution in [3.63, 3.8) is 0 Å². The summed E-state index contributed by atoms with van der Waals surface area (Å²) in [5, 5.41) is 11.2. The second-order valence-corrected chi connectivity index (χ2v) is 8.24. The number of ketones is 1. The van der Waals surface area contributed by atoms with Crippen LogP contribution in [0.25, 0.3) is 0 Å². The zero-order chi connectivity index (χ0) is 25.7. The van der Waals surface area contributed by atoms with Crippen LogP contribution in [0.1, 0.15) is 26.3 Å². The van der Waals surface area contributed by atoms with E-state index >= 15 is 0 Å². The molecule has 4 rings (SSSR count). The van der Waals surface area contributed by atoms with Gasteiger partial charge < -0.3 is 28.3 Å². The van der Waals surface area contributed by atoms with Crippen molar-refractivity contribution in [2.75, 3.05) is 28.3 Å². The molecule has 36 heavy (non-hydrogen) atoms. The maximum absolute atomic E-state index is 12.5. The SMILES string of the molecule is Nc1cc(N)cc(C(=O)Cc2ccc(N=Nc3ccc(NC(=O)c4cc(N)cc(N)c4)cc3)cc2)c1. The smallest absolute Gasteiger partial charge is 0.255 e. The monoisotopic (exact) mass is 479 g/mol. The number of benzene rings is 4. The van der Waals surface area contributed by atoms with E-state index in [0.717, 1.165) is 5.56 Å². The molecule has 0 aliphatic rings. The van der Waals surface area contributed by atoms with Gasteiger partial charge in [-0.25, -0.2) is 0 Å². The highest BCUT2D eigenvalue weighted by molar-refractivity contribution is 6.05. The number of carbonyl (C=O) groups excluding carboxylic acids is 2. The summed E-state index contributed by atoms with van der Waals surface area (Å²) in [6.07, 6.45) is 0.218. The summed E-state index contributed by atoms with van der Waals surface area (Å²) in [6.45, 7) is 0. The highest BCUT2D eigenvalue weighted by Gasteiger charge is 2.10. The lowest BCUT2D eigenvalue weighted by atomic mass is 10.0. The standard InChI is InChI=1S/C27H25N7O2/c28-19-10-17(11-20(29)14-19)26(35)9-16-1-3-24(4-2-16)33-34-25-7-5-23(6-8-25)32-27(36)18-12-21(30)15-22(31)13-18/h1-8,10-15H,9,28-31H2,(H,32,36). The van der Waals surface area contributed by atoms with E-state index in [-0.39, 0.29) is 18.1 Å². The average molecular weight is 480 g/mol. The van der Waals surface area contributed by atoms with Crippen LogP contribution in [0.15, 0.2) is 95.2 Å². The lowest BCUT2D eigenvalue weighted by Crippen LogP contribution is -2.12. The number of nitrogen functional groups attached to an aromatic ring is 4. The fraction of sp³-hybridized carbons (Fsp3) is 0.0370. The van der Waals surface area contributed by atoms with Crippen LogP contribution in [0, 0.1) is 0 Å². The molecule has 0 aliphatic heterocycles. The highest BCUT2D eigenvalue weighted by atomic mass is 16.1. The summed E-state index contributed by atoms with van der Waals surface area (Å²) in [6, 6.07) is 23.7. The molecule has 0 spiro atoms. The van der Waals surface area contributed by atoms with Crippen molar-refractivity contribution in [3.05, 3.63) is 102 Å². The predicted molar refractivity (Wildman–Crippen MR) is 144 cm³/mol. The van der Waals surface area contributed by atoms with E-state index in [9.17, 15) is 9.59 Å². The Morgan fingerprint density at radius 1 is 0.611 bits per heavy atom. The van der Waals surface area contributed by atoms with Crippen LogP contribution >= 0.6 is 0 Å². The van der Waals surface area contributed by atoms with Crippen LogP contribution in [0.3, 0.4) is 0 Å². The van der Waals surface area contributed by atoms with E-state index in [1.165, 1.54) is 0 Å². The van der Waals surface area contributed by atoms with E-state index in [2.05, 4.69) is 15.5 Å². The number of nitrogens with zero attached hydrogens (tertiary/aromatic N) is 2. The van der Waals surface area contributed by atoms with E-state index in [1.54, 1.807) is 72.8 Å². The number of nitrogens with two attached hydrogens (primary N) is 4. The Morgan fingerprint density at radius 3 is 1.56 bits per heavy atom. The minimum atomic E-state index is -0.318. The van der Waals surface area contributed by atoms with Crippen molar-refractivity contribution in [1.82, 2.24) is 0 Å². The second kappa shape index (κ2) is 10.4. The molecule has 0 aliphatic carbocycles. The Labute approximate surface area is 207 Å². The molecule has 0 unspecified atom stereocenters. The first-order valence-corrected chi connectivity index (χ1v) is 11.0. The molecule has 0 heterocycles. The number of hydrogen-bond acceptors (Lipinski definition) is 8. The van der Waals surface area contributed by atoms with Gasteiger partial charge in [0.2, 0.25) is 0 Å². The number of nitrogens with one attached hydrogen (secondary N) is 1. The summed E-state index contributed by atoms with van der Waals surface area (Å²) >= 11 is 0. The Balaban J connectivity index is 1.35. The molecule has 0 saturated heterocycles. The van der Waals surface area contributed by atoms with Gasteiger partial charge in [-0.2, -0.15) is 10.2 Å². The van der Waals surface area contributed by atoms with Crippen LogP contribution < -0.4 is 28.3 Å². The second-order valence-electron chi connectivity index (χ2n) is 8.24. The van der Waals surface area contributed by atoms with Gasteiger partial charge in [0.05, 0.1) is 11.4 Å². The molecular formula is C27H25N7O2. The third kappa shape index (κ3) is 6.23. The lowest BCUT2D eigenvalue weighted by molar-refractivity contribution is 0.0991. The van der Waals surface area contributed by atoms with Crippen LogP contribution in [-0.4, -0.2) is 11.7 Å². The summed E-state index contributed by atoms with van der Waals surface area (Å²) in [7, 11) is 0. The molecular weight excluding hydrogens is 454 g/mol. The fourth-order valence-electron chi connectivity index (χ4n) is 3.54. The highest BCUT2D eigenvalue weighted by Crippen LogP contribution is 2.23. The number of rotatable bonds is 7. The number of Topliss-reactive ketones (excluding diaryl/α,β-unsaturated/α-hetero) is 1. The van der Waals surface area contributed by atoms with E-state index < -0.39 is 0 Å². The minimum Gasteiger partial charge on any atom is -0.399 e. The average Bonchev–Trinajstić information content (AvgIpc) is 2.83. The number of hydrogen-bond donors (Lipinski definition) is 5. The third-order valence-corrected chi connectivity index (χ3v) is 5.25. The molecule has 0 aromatic heterocycles. The maximum Gasteiger partial charge on any atom is 0.255 e. The topological polar surface area (TPSA) is 175 Å². The first-order valence-electron chi connectivity index (χ1n) is 11.0.